The first kappa shape index (κ1) is 14.7. The van der Waals surface area contributed by atoms with Crippen molar-refractivity contribution < 1.29 is 9.53 Å². The molecule has 0 radical (unpaired) electrons. The van der Waals surface area contributed by atoms with Gasteiger partial charge in [0.05, 0.1) is 0 Å². The lowest BCUT2D eigenvalue weighted by Gasteiger charge is -2.21. The quantitative estimate of drug-likeness (QED) is 0.567. The van der Waals surface area contributed by atoms with Crippen molar-refractivity contribution >= 4 is 5.78 Å². The zero-order valence-electron chi connectivity index (χ0n) is 11.4. The van der Waals surface area contributed by atoms with Crippen molar-refractivity contribution in [2.45, 2.75) is 71.1 Å². The second-order valence-corrected chi connectivity index (χ2v) is 5.37. The van der Waals surface area contributed by atoms with Crippen LogP contribution in [0.5, 0.6) is 0 Å². The molecule has 17 heavy (non-hydrogen) atoms. The van der Waals surface area contributed by atoms with E-state index < -0.39 is 0 Å². The van der Waals surface area contributed by atoms with Gasteiger partial charge in [0, 0.05) is 13.0 Å². The number of Topliss-reactive ketones (excluding diaryl/α,β-unsaturated/α-hetero) is 1. The highest BCUT2D eigenvalue weighted by molar-refractivity contribution is 5.79. The molecule has 0 unspecified atom stereocenters. The summed E-state index contributed by atoms with van der Waals surface area (Å²) in [5.74, 6) is 1.01. The summed E-state index contributed by atoms with van der Waals surface area (Å²) in [7, 11) is 0. The predicted molar refractivity (Wildman–Crippen MR) is 71.2 cm³/mol. The second kappa shape index (κ2) is 9.64. The number of ether oxygens (including phenoxy) is 1. The largest absolute Gasteiger partial charge is 0.373 e. The molecule has 100 valence electrons. The number of hydrogen-bond donors (Lipinski definition) is 0. The van der Waals surface area contributed by atoms with E-state index in [1.54, 1.807) is 0 Å². The minimum Gasteiger partial charge on any atom is -0.373 e. The SMILES string of the molecule is CCCCCCC(=O)COCC1CCCCC1. The van der Waals surface area contributed by atoms with Crippen LogP contribution in [-0.2, 0) is 9.53 Å². The Morgan fingerprint density at radius 2 is 1.88 bits per heavy atom. The van der Waals surface area contributed by atoms with Crippen LogP contribution in [0.1, 0.15) is 71.1 Å². The van der Waals surface area contributed by atoms with E-state index in [-0.39, 0.29) is 5.78 Å². The molecular formula is C15H28O2. The molecule has 1 aliphatic rings. The number of carbonyl (C=O) groups excluding carboxylic acids is 1. The highest BCUT2D eigenvalue weighted by Crippen LogP contribution is 2.23. The summed E-state index contributed by atoms with van der Waals surface area (Å²) in [5, 5.41) is 0. The van der Waals surface area contributed by atoms with Gasteiger partial charge in [0.1, 0.15) is 6.61 Å². The van der Waals surface area contributed by atoms with Crippen molar-refractivity contribution in [1.82, 2.24) is 0 Å². The molecule has 0 N–H and O–H groups in total. The smallest absolute Gasteiger partial charge is 0.158 e. The van der Waals surface area contributed by atoms with E-state index in [1.165, 1.54) is 51.4 Å². The number of ketones is 1. The molecule has 1 rings (SSSR count). The van der Waals surface area contributed by atoms with E-state index in [9.17, 15) is 4.79 Å². The zero-order chi connectivity index (χ0) is 12.3. The Hall–Kier alpha value is -0.370. The number of unbranched alkanes of at least 4 members (excludes halogenated alkanes) is 3. The summed E-state index contributed by atoms with van der Waals surface area (Å²) < 4.78 is 5.54. The van der Waals surface area contributed by atoms with Gasteiger partial charge in [-0.1, -0.05) is 45.4 Å². The van der Waals surface area contributed by atoms with Gasteiger partial charge in [0.25, 0.3) is 0 Å². The fraction of sp³-hybridized carbons (Fsp3) is 0.933. The first-order valence-corrected chi connectivity index (χ1v) is 7.42. The zero-order valence-corrected chi connectivity index (χ0v) is 11.4. The molecule has 0 saturated heterocycles. The Labute approximate surface area is 106 Å². The Kier molecular flexibility index (Phi) is 8.33. The minimum atomic E-state index is 0.289. The van der Waals surface area contributed by atoms with Gasteiger partial charge >= 0.3 is 0 Å². The third-order valence-electron chi connectivity index (χ3n) is 3.65. The van der Waals surface area contributed by atoms with Gasteiger partial charge in [-0.2, -0.15) is 0 Å². The number of rotatable bonds is 9. The van der Waals surface area contributed by atoms with Crippen LogP contribution in [0.2, 0.25) is 0 Å². The lowest BCUT2D eigenvalue weighted by molar-refractivity contribution is -0.124. The molecule has 0 spiro atoms. The molecular weight excluding hydrogens is 212 g/mol. The van der Waals surface area contributed by atoms with Gasteiger partial charge in [-0.3, -0.25) is 4.79 Å². The van der Waals surface area contributed by atoms with Gasteiger partial charge in [-0.05, 0) is 25.2 Å². The van der Waals surface area contributed by atoms with Crippen molar-refractivity contribution in [2.24, 2.45) is 5.92 Å². The van der Waals surface area contributed by atoms with Crippen molar-refractivity contribution in [3.05, 3.63) is 0 Å². The van der Waals surface area contributed by atoms with Gasteiger partial charge in [0.15, 0.2) is 5.78 Å². The Balaban J connectivity index is 1.92. The van der Waals surface area contributed by atoms with Crippen LogP contribution in [-0.4, -0.2) is 19.0 Å². The normalized spacial score (nSPS) is 17.2. The Morgan fingerprint density at radius 3 is 2.59 bits per heavy atom. The van der Waals surface area contributed by atoms with E-state index in [0.29, 0.717) is 13.0 Å². The molecule has 0 bridgehead atoms. The van der Waals surface area contributed by atoms with Gasteiger partial charge in [0.2, 0.25) is 0 Å². The molecule has 1 fully saturated rings. The fourth-order valence-corrected chi connectivity index (χ4v) is 2.51. The topological polar surface area (TPSA) is 26.3 Å². The standard InChI is InChI=1S/C15H28O2/c1-2-3-4-8-11-15(16)13-17-12-14-9-6-5-7-10-14/h14H,2-13H2,1H3. The molecule has 0 aromatic heterocycles. The molecule has 0 aromatic rings. The number of carbonyl (C=O) groups is 1. The molecule has 2 heteroatoms. The van der Waals surface area contributed by atoms with E-state index in [2.05, 4.69) is 6.92 Å². The van der Waals surface area contributed by atoms with Gasteiger partial charge in [-0.25, -0.2) is 0 Å². The van der Waals surface area contributed by atoms with Crippen LogP contribution in [0.25, 0.3) is 0 Å². The summed E-state index contributed by atoms with van der Waals surface area (Å²) in [6, 6.07) is 0. The van der Waals surface area contributed by atoms with E-state index in [4.69, 9.17) is 4.74 Å². The molecule has 2 nitrogen and oxygen atoms in total. The Morgan fingerprint density at radius 1 is 1.12 bits per heavy atom. The molecule has 1 saturated carbocycles. The van der Waals surface area contributed by atoms with E-state index in [0.717, 1.165) is 18.9 Å². The average molecular weight is 240 g/mol. The molecule has 0 amide bonds. The van der Waals surface area contributed by atoms with Crippen molar-refractivity contribution in [1.29, 1.82) is 0 Å². The van der Waals surface area contributed by atoms with Crippen LogP contribution in [0.4, 0.5) is 0 Å². The first-order valence-electron chi connectivity index (χ1n) is 7.42. The maximum Gasteiger partial charge on any atom is 0.158 e. The fourth-order valence-electron chi connectivity index (χ4n) is 2.51. The van der Waals surface area contributed by atoms with E-state index >= 15 is 0 Å². The summed E-state index contributed by atoms with van der Waals surface area (Å²) in [6.07, 6.45) is 12.1. The molecule has 0 aromatic carbocycles. The van der Waals surface area contributed by atoms with Gasteiger partial charge < -0.3 is 4.74 Å². The highest BCUT2D eigenvalue weighted by Gasteiger charge is 2.13. The molecule has 0 atom stereocenters. The van der Waals surface area contributed by atoms with Crippen LogP contribution < -0.4 is 0 Å². The summed E-state index contributed by atoms with van der Waals surface area (Å²) in [5.41, 5.74) is 0. The molecule has 0 heterocycles. The van der Waals surface area contributed by atoms with Crippen LogP contribution >= 0.6 is 0 Å². The predicted octanol–water partition coefficient (Wildman–Crippen LogP) is 4.12. The van der Waals surface area contributed by atoms with Crippen LogP contribution in [0.3, 0.4) is 0 Å². The number of hydrogen-bond acceptors (Lipinski definition) is 2. The maximum absolute atomic E-state index is 11.5. The van der Waals surface area contributed by atoms with Crippen molar-refractivity contribution in [3.8, 4) is 0 Å². The van der Waals surface area contributed by atoms with Crippen molar-refractivity contribution in [2.75, 3.05) is 13.2 Å². The maximum atomic E-state index is 11.5. The minimum absolute atomic E-state index is 0.289. The molecule has 1 aliphatic carbocycles. The summed E-state index contributed by atoms with van der Waals surface area (Å²) in [4.78, 5) is 11.5. The second-order valence-electron chi connectivity index (χ2n) is 5.37. The Bertz CT molecular complexity index is 195. The monoisotopic (exact) mass is 240 g/mol. The van der Waals surface area contributed by atoms with E-state index in [1.807, 2.05) is 0 Å². The third-order valence-corrected chi connectivity index (χ3v) is 3.65. The summed E-state index contributed by atoms with van der Waals surface area (Å²) in [6.45, 7) is 3.35. The van der Waals surface area contributed by atoms with Crippen LogP contribution in [0.15, 0.2) is 0 Å². The molecule has 0 aliphatic heterocycles. The summed E-state index contributed by atoms with van der Waals surface area (Å²) >= 11 is 0. The third kappa shape index (κ3) is 7.54. The van der Waals surface area contributed by atoms with Crippen molar-refractivity contribution in [3.63, 3.8) is 0 Å². The first-order chi connectivity index (χ1) is 8.33. The highest BCUT2D eigenvalue weighted by atomic mass is 16.5. The average Bonchev–Trinajstić information content (AvgIpc) is 2.36. The lowest BCUT2D eigenvalue weighted by atomic mass is 9.90. The van der Waals surface area contributed by atoms with Gasteiger partial charge in [-0.15, -0.1) is 0 Å². The lowest BCUT2D eigenvalue weighted by Crippen LogP contribution is -2.17. The van der Waals surface area contributed by atoms with Crippen LogP contribution in [0, 0.1) is 5.92 Å².